The molecule has 1 atom stereocenters. The number of primary amides is 1. The van der Waals surface area contributed by atoms with Crippen molar-refractivity contribution in [2.45, 2.75) is 12.5 Å². The number of nitrogens with two attached hydrogens (primary N) is 1. The fourth-order valence-corrected chi connectivity index (χ4v) is 2.63. The van der Waals surface area contributed by atoms with Crippen LogP contribution in [0.15, 0.2) is 12.1 Å². The van der Waals surface area contributed by atoms with Crippen LogP contribution in [0.2, 0.25) is 0 Å². The van der Waals surface area contributed by atoms with Crippen molar-refractivity contribution in [3.8, 4) is 5.75 Å². The van der Waals surface area contributed by atoms with Gasteiger partial charge in [-0.25, -0.2) is 0 Å². The molecule has 0 aromatic heterocycles. The fourth-order valence-electron chi connectivity index (χ4n) is 2.63. The second-order valence-electron chi connectivity index (χ2n) is 5.20. The summed E-state index contributed by atoms with van der Waals surface area (Å²) in [6, 6.07) is 6.97. The third-order valence-corrected chi connectivity index (χ3v) is 3.83. The molecule has 2 heterocycles. The van der Waals surface area contributed by atoms with Crippen LogP contribution < -0.4 is 15.4 Å². The molecule has 0 aliphatic carbocycles. The van der Waals surface area contributed by atoms with Crippen molar-refractivity contribution in [2.24, 2.45) is 5.73 Å². The largest absolute Gasteiger partial charge is 0.478 e. The molecule has 1 unspecified atom stereocenters. The summed E-state index contributed by atoms with van der Waals surface area (Å²) in [4.78, 5) is 15.9. The van der Waals surface area contributed by atoms with E-state index < -0.39 is 12.0 Å². The summed E-state index contributed by atoms with van der Waals surface area (Å²) in [5.41, 5.74) is 7.39. The maximum atomic E-state index is 11.3. The van der Waals surface area contributed by atoms with Gasteiger partial charge in [0.1, 0.15) is 5.75 Å². The van der Waals surface area contributed by atoms with E-state index in [-0.39, 0.29) is 0 Å². The SMILES string of the molecule is CN1CCN(c2c[c]cc3c2OC(C(N)=O)C3)CC1. The standard InChI is InChI=1S/C14H18N3O2/c1-16-5-7-17(8-6-16)11-4-2-3-10-9-12(14(15)18)19-13(10)11/h3-4,12H,5-9H2,1H3,(H2,15,18). The lowest BCUT2D eigenvalue weighted by molar-refractivity contribution is -0.123. The molecule has 0 spiro atoms. The molecular weight excluding hydrogens is 242 g/mol. The number of hydrogen-bond donors (Lipinski definition) is 1. The van der Waals surface area contributed by atoms with Crippen LogP contribution in [0.5, 0.6) is 5.75 Å². The Bertz CT molecular complexity index is 495. The molecule has 1 radical (unpaired) electrons. The van der Waals surface area contributed by atoms with Gasteiger partial charge in [-0.15, -0.1) is 0 Å². The van der Waals surface area contributed by atoms with Crippen LogP contribution >= 0.6 is 0 Å². The van der Waals surface area contributed by atoms with Crippen LogP contribution in [0.25, 0.3) is 0 Å². The van der Waals surface area contributed by atoms with Crippen LogP contribution in [0, 0.1) is 6.07 Å². The molecule has 5 nitrogen and oxygen atoms in total. The first-order valence-electron chi connectivity index (χ1n) is 6.57. The average Bonchev–Trinajstić information content (AvgIpc) is 2.83. The van der Waals surface area contributed by atoms with E-state index in [1.165, 1.54) is 0 Å². The van der Waals surface area contributed by atoms with E-state index in [0.717, 1.165) is 43.2 Å². The molecule has 2 N–H and O–H groups in total. The Morgan fingerprint density at radius 1 is 1.37 bits per heavy atom. The number of amides is 1. The number of nitrogens with zero attached hydrogens (tertiary/aromatic N) is 2. The van der Waals surface area contributed by atoms with E-state index >= 15 is 0 Å². The number of piperazine rings is 1. The van der Waals surface area contributed by atoms with Gasteiger partial charge < -0.3 is 20.3 Å². The smallest absolute Gasteiger partial charge is 0.258 e. The number of likely N-dealkylation sites (N-methyl/N-ethyl adjacent to an activating group) is 1. The van der Waals surface area contributed by atoms with Gasteiger partial charge in [0.15, 0.2) is 6.10 Å². The average molecular weight is 260 g/mol. The summed E-state index contributed by atoms with van der Waals surface area (Å²) in [5, 5.41) is 0. The highest BCUT2D eigenvalue weighted by atomic mass is 16.5. The van der Waals surface area contributed by atoms with Crippen molar-refractivity contribution in [1.82, 2.24) is 4.90 Å². The highest BCUT2D eigenvalue weighted by Crippen LogP contribution is 2.38. The van der Waals surface area contributed by atoms with Gasteiger partial charge in [0.05, 0.1) is 5.69 Å². The minimum atomic E-state index is -0.531. The van der Waals surface area contributed by atoms with Crippen molar-refractivity contribution in [2.75, 3.05) is 38.1 Å². The van der Waals surface area contributed by atoms with Gasteiger partial charge in [-0.3, -0.25) is 4.79 Å². The highest BCUT2D eigenvalue weighted by Gasteiger charge is 2.31. The zero-order chi connectivity index (χ0) is 13.4. The van der Waals surface area contributed by atoms with Gasteiger partial charge in [0, 0.05) is 38.2 Å². The molecule has 0 bridgehead atoms. The van der Waals surface area contributed by atoms with E-state index in [0.29, 0.717) is 6.42 Å². The molecule has 2 aliphatic heterocycles. The maximum absolute atomic E-state index is 11.3. The van der Waals surface area contributed by atoms with Crippen LogP contribution in [0.1, 0.15) is 5.56 Å². The van der Waals surface area contributed by atoms with Gasteiger partial charge in [-0.2, -0.15) is 0 Å². The zero-order valence-corrected chi connectivity index (χ0v) is 11.1. The molecule has 1 amide bonds. The molecule has 5 heteroatoms. The second-order valence-corrected chi connectivity index (χ2v) is 5.20. The third kappa shape index (κ3) is 2.26. The van der Waals surface area contributed by atoms with Crippen LogP contribution in [-0.4, -0.2) is 50.1 Å². The van der Waals surface area contributed by atoms with Crippen LogP contribution in [-0.2, 0) is 11.2 Å². The predicted octanol–water partition coefficient (Wildman–Crippen LogP) is 0.0274. The number of rotatable bonds is 2. The Hall–Kier alpha value is -1.75. The Morgan fingerprint density at radius 3 is 2.79 bits per heavy atom. The minimum Gasteiger partial charge on any atom is -0.478 e. The summed E-state index contributed by atoms with van der Waals surface area (Å²) >= 11 is 0. The van der Waals surface area contributed by atoms with Crippen LogP contribution in [0.4, 0.5) is 5.69 Å². The van der Waals surface area contributed by atoms with Crippen molar-refractivity contribution in [3.05, 3.63) is 23.8 Å². The number of carbonyl (C=O) groups is 1. The summed E-state index contributed by atoms with van der Waals surface area (Å²) in [7, 11) is 2.12. The van der Waals surface area contributed by atoms with Crippen molar-refractivity contribution >= 4 is 11.6 Å². The maximum Gasteiger partial charge on any atom is 0.258 e. The molecule has 2 aliphatic rings. The molecule has 0 saturated carbocycles. The van der Waals surface area contributed by atoms with E-state index in [4.69, 9.17) is 10.5 Å². The molecule has 3 rings (SSSR count). The molecule has 1 aromatic carbocycles. The first-order valence-corrected chi connectivity index (χ1v) is 6.57. The summed E-state index contributed by atoms with van der Waals surface area (Å²) in [6.07, 6.45) is 0.0277. The van der Waals surface area contributed by atoms with Crippen molar-refractivity contribution < 1.29 is 9.53 Å². The number of hydrogen-bond acceptors (Lipinski definition) is 4. The van der Waals surface area contributed by atoms with Gasteiger partial charge in [-0.1, -0.05) is 0 Å². The topological polar surface area (TPSA) is 58.8 Å². The lowest BCUT2D eigenvalue weighted by atomic mass is 10.1. The Labute approximate surface area is 112 Å². The minimum absolute atomic E-state index is 0.402. The molecule has 19 heavy (non-hydrogen) atoms. The molecule has 1 fully saturated rings. The summed E-state index contributed by atoms with van der Waals surface area (Å²) in [5.74, 6) is 0.410. The number of benzene rings is 1. The highest BCUT2D eigenvalue weighted by molar-refractivity contribution is 5.81. The van der Waals surface area contributed by atoms with Gasteiger partial charge >= 0.3 is 0 Å². The summed E-state index contributed by atoms with van der Waals surface area (Å²) < 4.78 is 5.73. The molecular formula is C14H18N3O2. The Balaban J connectivity index is 1.85. The fraction of sp³-hybridized carbons (Fsp3) is 0.500. The quantitative estimate of drug-likeness (QED) is 0.815. The predicted molar refractivity (Wildman–Crippen MR) is 72.3 cm³/mol. The lowest BCUT2D eigenvalue weighted by Gasteiger charge is -2.34. The van der Waals surface area contributed by atoms with Gasteiger partial charge in [-0.05, 0) is 25.2 Å². The molecule has 1 saturated heterocycles. The van der Waals surface area contributed by atoms with Crippen LogP contribution in [0.3, 0.4) is 0 Å². The van der Waals surface area contributed by atoms with E-state index in [1.807, 2.05) is 12.1 Å². The third-order valence-electron chi connectivity index (χ3n) is 3.83. The summed E-state index contributed by atoms with van der Waals surface area (Å²) in [6.45, 7) is 3.99. The first kappa shape index (κ1) is 12.3. The molecule has 1 aromatic rings. The Kier molecular flexibility index (Phi) is 3.06. The van der Waals surface area contributed by atoms with Crippen molar-refractivity contribution in [1.29, 1.82) is 0 Å². The number of anilines is 1. The zero-order valence-electron chi connectivity index (χ0n) is 11.1. The lowest BCUT2D eigenvalue weighted by Crippen LogP contribution is -2.44. The normalized spacial score (nSPS) is 23.0. The monoisotopic (exact) mass is 260 g/mol. The Morgan fingerprint density at radius 2 is 2.11 bits per heavy atom. The van der Waals surface area contributed by atoms with E-state index in [9.17, 15) is 4.79 Å². The number of fused-ring (bicyclic) bond motifs is 1. The first-order chi connectivity index (χ1) is 9.15. The second kappa shape index (κ2) is 4.74. The van der Waals surface area contributed by atoms with E-state index in [2.05, 4.69) is 22.9 Å². The van der Waals surface area contributed by atoms with Gasteiger partial charge in [0.2, 0.25) is 0 Å². The number of ether oxygens (including phenoxy) is 1. The van der Waals surface area contributed by atoms with E-state index in [1.54, 1.807) is 0 Å². The number of carbonyl (C=O) groups excluding carboxylic acids is 1. The molecule has 101 valence electrons. The van der Waals surface area contributed by atoms with Gasteiger partial charge in [0.25, 0.3) is 5.91 Å². The van der Waals surface area contributed by atoms with Crippen molar-refractivity contribution in [3.63, 3.8) is 0 Å².